The summed E-state index contributed by atoms with van der Waals surface area (Å²) in [5, 5.41) is 12.5. The second-order valence-electron chi connectivity index (χ2n) is 4.65. The van der Waals surface area contributed by atoms with Gasteiger partial charge in [0.05, 0.1) is 6.10 Å². The molecule has 0 spiro atoms. The second-order valence-corrected chi connectivity index (χ2v) is 5.63. The summed E-state index contributed by atoms with van der Waals surface area (Å²) in [6.45, 7) is 4.59. The predicted molar refractivity (Wildman–Crippen MR) is 77.0 cm³/mol. The van der Waals surface area contributed by atoms with Gasteiger partial charge in [-0.25, -0.2) is 0 Å². The Balaban J connectivity index is 2.28. The monoisotopic (exact) mass is 261 g/mol. The number of rotatable bonds is 4. The van der Waals surface area contributed by atoms with E-state index < -0.39 is 6.10 Å². The molecular weight excluding hydrogens is 242 g/mol. The van der Waals surface area contributed by atoms with Gasteiger partial charge in [-0.05, 0) is 42.0 Å². The van der Waals surface area contributed by atoms with Crippen LogP contribution in [0, 0.1) is 13.8 Å². The molecule has 0 fully saturated rings. The molecule has 0 radical (unpaired) electrons. The first-order valence-corrected chi connectivity index (χ1v) is 7.00. The number of hydrogen-bond donors (Lipinski definition) is 2. The number of aryl methyl sites for hydroxylation is 2. The maximum absolute atomic E-state index is 10.5. The van der Waals surface area contributed by atoms with E-state index in [-0.39, 0.29) is 5.92 Å². The fourth-order valence-electron chi connectivity index (χ4n) is 2.08. The highest BCUT2D eigenvalue weighted by Crippen LogP contribution is 2.33. The van der Waals surface area contributed by atoms with E-state index >= 15 is 0 Å². The highest BCUT2D eigenvalue weighted by molar-refractivity contribution is 7.10. The molecule has 2 aromatic rings. The number of thiophene rings is 1. The third-order valence-electron chi connectivity index (χ3n) is 3.42. The molecule has 1 heterocycles. The molecule has 0 bridgehead atoms. The average Bonchev–Trinajstić information content (AvgIpc) is 2.87. The minimum atomic E-state index is -0.534. The van der Waals surface area contributed by atoms with Crippen LogP contribution >= 0.6 is 11.3 Å². The summed E-state index contributed by atoms with van der Waals surface area (Å²) >= 11 is 1.65. The van der Waals surface area contributed by atoms with Crippen molar-refractivity contribution >= 4 is 11.3 Å². The molecule has 2 nitrogen and oxygen atoms in total. The number of aliphatic hydroxyl groups excluding tert-OH is 1. The molecular formula is C15H19NOS. The average molecular weight is 261 g/mol. The van der Waals surface area contributed by atoms with Gasteiger partial charge < -0.3 is 10.8 Å². The minimum absolute atomic E-state index is 0.0212. The van der Waals surface area contributed by atoms with Gasteiger partial charge >= 0.3 is 0 Å². The SMILES string of the molecule is Cc1ccc(C(O)C(CN)c2cccs2)cc1C. The van der Waals surface area contributed by atoms with E-state index in [1.165, 1.54) is 11.1 Å². The molecule has 0 saturated carbocycles. The van der Waals surface area contributed by atoms with Crippen molar-refractivity contribution in [3.8, 4) is 0 Å². The summed E-state index contributed by atoms with van der Waals surface area (Å²) in [4.78, 5) is 1.14. The largest absolute Gasteiger partial charge is 0.388 e. The summed E-state index contributed by atoms with van der Waals surface area (Å²) in [5.41, 5.74) is 9.21. The molecule has 3 heteroatoms. The lowest BCUT2D eigenvalue weighted by Crippen LogP contribution is -2.19. The molecule has 1 aromatic carbocycles. The lowest BCUT2D eigenvalue weighted by molar-refractivity contribution is 0.148. The Morgan fingerprint density at radius 1 is 1.22 bits per heavy atom. The molecule has 0 aliphatic carbocycles. The molecule has 0 amide bonds. The smallest absolute Gasteiger partial charge is 0.0878 e. The van der Waals surface area contributed by atoms with Gasteiger partial charge in [0.1, 0.15) is 0 Å². The van der Waals surface area contributed by atoms with Crippen LogP contribution in [0.5, 0.6) is 0 Å². The molecule has 0 saturated heterocycles. The molecule has 2 unspecified atom stereocenters. The number of nitrogens with two attached hydrogens (primary N) is 1. The maximum atomic E-state index is 10.5. The predicted octanol–water partition coefficient (Wildman–Crippen LogP) is 3.14. The Bertz CT molecular complexity index is 507. The summed E-state index contributed by atoms with van der Waals surface area (Å²) in [7, 11) is 0. The Morgan fingerprint density at radius 2 is 2.00 bits per heavy atom. The lowest BCUT2D eigenvalue weighted by atomic mass is 9.92. The van der Waals surface area contributed by atoms with E-state index in [0.717, 1.165) is 10.4 Å². The van der Waals surface area contributed by atoms with Gasteiger partial charge in [-0.15, -0.1) is 11.3 Å². The Labute approximate surface area is 112 Å². The van der Waals surface area contributed by atoms with Crippen molar-refractivity contribution < 1.29 is 5.11 Å². The quantitative estimate of drug-likeness (QED) is 0.888. The van der Waals surface area contributed by atoms with E-state index in [1.54, 1.807) is 11.3 Å². The van der Waals surface area contributed by atoms with Crippen LogP contribution < -0.4 is 5.73 Å². The topological polar surface area (TPSA) is 46.2 Å². The molecule has 96 valence electrons. The second kappa shape index (κ2) is 5.65. The molecule has 3 N–H and O–H groups in total. The maximum Gasteiger partial charge on any atom is 0.0878 e. The van der Waals surface area contributed by atoms with Crippen molar-refractivity contribution in [2.45, 2.75) is 25.9 Å². The molecule has 0 aliphatic rings. The normalized spacial score (nSPS) is 14.4. The highest BCUT2D eigenvalue weighted by Gasteiger charge is 2.22. The Hall–Kier alpha value is -1.16. The Morgan fingerprint density at radius 3 is 2.56 bits per heavy atom. The first kappa shape index (κ1) is 13.3. The third-order valence-corrected chi connectivity index (χ3v) is 4.42. The van der Waals surface area contributed by atoms with Gasteiger partial charge in [0.25, 0.3) is 0 Å². The zero-order valence-electron chi connectivity index (χ0n) is 10.8. The highest BCUT2D eigenvalue weighted by atomic mass is 32.1. The number of aliphatic hydroxyl groups is 1. The zero-order chi connectivity index (χ0) is 13.1. The van der Waals surface area contributed by atoms with Crippen molar-refractivity contribution in [1.82, 2.24) is 0 Å². The van der Waals surface area contributed by atoms with Crippen LogP contribution in [0.2, 0.25) is 0 Å². The molecule has 1 aromatic heterocycles. The van der Waals surface area contributed by atoms with Crippen LogP contribution in [0.4, 0.5) is 0 Å². The first-order chi connectivity index (χ1) is 8.63. The zero-order valence-corrected chi connectivity index (χ0v) is 11.6. The van der Waals surface area contributed by atoms with E-state index in [1.807, 2.05) is 23.6 Å². The molecule has 2 rings (SSSR count). The van der Waals surface area contributed by atoms with Crippen molar-refractivity contribution in [1.29, 1.82) is 0 Å². The van der Waals surface area contributed by atoms with E-state index in [2.05, 4.69) is 26.0 Å². The van der Waals surface area contributed by atoms with Gasteiger partial charge in [0.15, 0.2) is 0 Å². The van der Waals surface area contributed by atoms with Gasteiger partial charge in [-0.1, -0.05) is 24.3 Å². The van der Waals surface area contributed by atoms with Crippen LogP contribution in [0.15, 0.2) is 35.7 Å². The lowest BCUT2D eigenvalue weighted by Gasteiger charge is -2.21. The summed E-state index contributed by atoms with van der Waals surface area (Å²) in [5.74, 6) is -0.0212. The van der Waals surface area contributed by atoms with Crippen LogP contribution in [-0.4, -0.2) is 11.7 Å². The number of benzene rings is 1. The summed E-state index contributed by atoms with van der Waals surface area (Å²) < 4.78 is 0. The number of hydrogen-bond acceptors (Lipinski definition) is 3. The molecule has 18 heavy (non-hydrogen) atoms. The van der Waals surface area contributed by atoms with Gasteiger partial charge in [0.2, 0.25) is 0 Å². The fraction of sp³-hybridized carbons (Fsp3) is 0.333. The van der Waals surface area contributed by atoms with Crippen molar-refractivity contribution in [3.05, 3.63) is 57.3 Å². The van der Waals surface area contributed by atoms with Crippen LogP contribution in [0.3, 0.4) is 0 Å². The Kier molecular flexibility index (Phi) is 4.17. The van der Waals surface area contributed by atoms with Crippen LogP contribution in [0.25, 0.3) is 0 Å². The van der Waals surface area contributed by atoms with Crippen LogP contribution in [0.1, 0.15) is 33.6 Å². The molecule has 0 aliphatic heterocycles. The standard InChI is InChI=1S/C15H19NOS/c1-10-5-6-12(8-11(10)2)15(17)13(9-16)14-4-3-7-18-14/h3-8,13,15,17H,9,16H2,1-2H3. The molecule has 2 atom stereocenters. The van der Waals surface area contributed by atoms with Crippen molar-refractivity contribution in [3.63, 3.8) is 0 Å². The van der Waals surface area contributed by atoms with E-state index in [4.69, 9.17) is 5.73 Å². The van der Waals surface area contributed by atoms with Crippen molar-refractivity contribution in [2.24, 2.45) is 5.73 Å². The third kappa shape index (κ3) is 2.64. The van der Waals surface area contributed by atoms with Gasteiger partial charge in [-0.3, -0.25) is 0 Å². The van der Waals surface area contributed by atoms with Crippen LogP contribution in [-0.2, 0) is 0 Å². The van der Waals surface area contributed by atoms with Gasteiger partial charge in [0, 0.05) is 17.3 Å². The van der Waals surface area contributed by atoms with E-state index in [0.29, 0.717) is 6.54 Å². The van der Waals surface area contributed by atoms with E-state index in [9.17, 15) is 5.11 Å². The van der Waals surface area contributed by atoms with Gasteiger partial charge in [-0.2, -0.15) is 0 Å². The fourth-order valence-corrected chi connectivity index (χ4v) is 2.96. The first-order valence-electron chi connectivity index (χ1n) is 6.12. The summed E-state index contributed by atoms with van der Waals surface area (Å²) in [6, 6.07) is 10.1. The minimum Gasteiger partial charge on any atom is -0.388 e. The summed E-state index contributed by atoms with van der Waals surface area (Å²) in [6.07, 6.45) is -0.534. The van der Waals surface area contributed by atoms with Crippen molar-refractivity contribution in [2.75, 3.05) is 6.54 Å².